The van der Waals surface area contributed by atoms with Gasteiger partial charge in [0.25, 0.3) is 5.56 Å². The Labute approximate surface area is 196 Å². The number of phenols is 1. The predicted octanol–water partition coefficient (Wildman–Crippen LogP) is 1.19. The van der Waals surface area contributed by atoms with E-state index in [2.05, 4.69) is 0 Å². The zero-order valence-electron chi connectivity index (χ0n) is 17.2. The summed E-state index contributed by atoms with van der Waals surface area (Å²) in [5, 5.41) is 20.3. The number of methoxy groups -OCH3 is 1. The predicted molar refractivity (Wildman–Crippen MR) is 126 cm³/mol. The van der Waals surface area contributed by atoms with Gasteiger partial charge in [-0.15, -0.1) is 11.3 Å². The number of allylic oxidation sites excluding steroid dienone is 1. The number of amides is 1. The first-order chi connectivity index (χ1) is 15.8. The summed E-state index contributed by atoms with van der Waals surface area (Å²) < 4.78 is 6.77. The van der Waals surface area contributed by atoms with Gasteiger partial charge in [0.05, 0.1) is 34.8 Å². The normalized spacial score (nSPS) is 15.8. The third kappa shape index (κ3) is 3.65. The Morgan fingerprint density at radius 3 is 2.70 bits per heavy atom. The quantitative estimate of drug-likeness (QED) is 0.511. The van der Waals surface area contributed by atoms with Crippen molar-refractivity contribution in [2.75, 3.05) is 7.11 Å². The Bertz CT molecular complexity index is 1560. The monoisotopic (exact) mass is 480 g/mol. The van der Waals surface area contributed by atoms with Crippen LogP contribution in [0.3, 0.4) is 0 Å². The second kappa shape index (κ2) is 8.50. The Morgan fingerprint density at radius 2 is 2.06 bits per heavy atom. The number of halogens is 1. The first kappa shape index (κ1) is 22.2. The summed E-state index contributed by atoms with van der Waals surface area (Å²) in [6.07, 6.45) is 1.59. The van der Waals surface area contributed by atoms with E-state index in [9.17, 15) is 20.0 Å². The van der Waals surface area contributed by atoms with E-state index >= 15 is 0 Å². The van der Waals surface area contributed by atoms with Crippen LogP contribution >= 0.6 is 22.9 Å². The van der Waals surface area contributed by atoms with E-state index < -0.39 is 17.4 Å². The standard InChI is InChI=1S/C23H17ClN4O4S/c1-32-16-8-12(6-7-15(16)29)18-13(10-25)20(26)28-22(31)17(33-23(28)19(18)21(27)30)9-11-4-2-3-5-14(11)24/h2-9,18,29H,26H2,1H3,(H2,27,30)/b17-9+. The highest BCUT2D eigenvalue weighted by atomic mass is 35.5. The number of benzene rings is 2. The average molecular weight is 481 g/mol. The molecule has 0 aliphatic carbocycles. The molecule has 0 fully saturated rings. The number of fused-ring (bicyclic) bond motifs is 1. The Kier molecular flexibility index (Phi) is 5.72. The SMILES string of the molecule is COc1cc(C2C(C#N)=C(N)n3c(s/c(=C/c4ccccc4Cl)c3=O)=C2C(N)=O)ccc1O. The number of nitrogens with two attached hydrogens (primary N) is 2. The molecule has 0 bridgehead atoms. The molecule has 0 spiro atoms. The van der Waals surface area contributed by atoms with Crippen LogP contribution in [-0.2, 0) is 4.79 Å². The molecule has 0 saturated carbocycles. The molecule has 0 radical (unpaired) electrons. The second-order valence-electron chi connectivity index (χ2n) is 7.13. The number of carbonyl (C=O) groups is 1. The van der Waals surface area contributed by atoms with Crippen LogP contribution in [0.1, 0.15) is 17.0 Å². The van der Waals surface area contributed by atoms with Gasteiger partial charge in [-0.3, -0.25) is 14.2 Å². The van der Waals surface area contributed by atoms with E-state index in [1.165, 1.54) is 25.3 Å². The highest BCUT2D eigenvalue weighted by Crippen LogP contribution is 2.39. The van der Waals surface area contributed by atoms with E-state index in [0.717, 1.165) is 15.9 Å². The Hall–Kier alpha value is -4.00. The van der Waals surface area contributed by atoms with Crippen LogP contribution in [0.25, 0.3) is 17.5 Å². The van der Waals surface area contributed by atoms with Crippen LogP contribution in [0.4, 0.5) is 0 Å². The van der Waals surface area contributed by atoms with Crippen LogP contribution < -0.4 is 31.0 Å². The number of aromatic nitrogens is 1. The maximum absolute atomic E-state index is 13.2. The van der Waals surface area contributed by atoms with Crippen LogP contribution in [0, 0.1) is 11.3 Å². The number of ether oxygens (including phenoxy) is 1. The van der Waals surface area contributed by atoms with Crippen molar-refractivity contribution in [3.05, 3.63) is 83.7 Å². The van der Waals surface area contributed by atoms with Gasteiger partial charge < -0.3 is 21.3 Å². The first-order valence-corrected chi connectivity index (χ1v) is 10.8. The lowest BCUT2D eigenvalue weighted by Gasteiger charge is -2.24. The molecule has 166 valence electrons. The van der Waals surface area contributed by atoms with E-state index in [0.29, 0.717) is 16.1 Å². The molecule has 33 heavy (non-hydrogen) atoms. The number of primary amides is 1. The van der Waals surface area contributed by atoms with Crippen molar-refractivity contribution < 1.29 is 14.6 Å². The number of nitriles is 1. The lowest BCUT2D eigenvalue weighted by Crippen LogP contribution is -2.41. The summed E-state index contributed by atoms with van der Waals surface area (Å²) in [5.74, 6) is -1.83. The maximum atomic E-state index is 13.2. The van der Waals surface area contributed by atoms with Gasteiger partial charge in [-0.25, -0.2) is 0 Å². The number of rotatable bonds is 4. The molecule has 1 aliphatic heterocycles. The molecule has 5 N–H and O–H groups in total. The van der Waals surface area contributed by atoms with Gasteiger partial charge in [0.2, 0.25) is 5.91 Å². The molecule has 10 heteroatoms. The molecule has 2 aromatic carbocycles. The number of hydrogen-bond donors (Lipinski definition) is 3. The third-order valence-corrected chi connectivity index (χ3v) is 6.72. The summed E-state index contributed by atoms with van der Waals surface area (Å²) >= 11 is 7.25. The molecule has 3 aromatic rings. The molecule has 8 nitrogen and oxygen atoms in total. The van der Waals surface area contributed by atoms with Crippen molar-refractivity contribution in [2.45, 2.75) is 5.92 Å². The van der Waals surface area contributed by atoms with E-state index in [1.807, 2.05) is 6.07 Å². The van der Waals surface area contributed by atoms with E-state index in [4.69, 9.17) is 27.8 Å². The minimum Gasteiger partial charge on any atom is -0.504 e. The molecule has 1 amide bonds. The van der Waals surface area contributed by atoms with Crippen molar-refractivity contribution in [3.63, 3.8) is 0 Å². The summed E-state index contributed by atoms with van der Waals surface area (Å²) in [5.41, 5.74) is 12.6. The summed E-state index contributed by atoms with van der Waals surface area (Å²) in [7, 11) is 1.38. The van der Waals surface area contributed by atoms with Crippen molar-refractivity contribution in [2.24, 2.45) is 11.5 Å². The topological polar surface area (TPSA) is 144 Å². The molecule has 1 aliphatic rings. The largest absolute Gasteiger partial charge is 0.504 e. The van der Waals surface area contributed by atoms with Gasteiger partial charge >= 0.3 is 0 Å². The first-order valence-electron chi connectivity index (χ1n) is 9.57. The maximum Gasteiger partial charge on any atom is 0.274 e. The van der Waals surface area contributed by atoms with Gasteiger partial charge in [-0.05, 0) is 35.4 Å². The molecule has 0 saturated heterocycles. The molecular formula is C23H17ClN4O4S. The zero-order valence-corrected chi connectivity index (χ0v) is 18.8. The van der Waals surface area contributed by atoms with Gasteiger partial charge in [0.15, 0.2) is 11.5 Å². The highest BCUT2D eigenvalue weighted by Gasteiger charge is 2.35. The second-order valence-corrected chi connectivity index (χ2v) is 8.57. The molecule has 1 aromatic heterocycles. The minimum absolute atomic E-state index is 0.0202. The molecule has 1 unspecified atom stereocenters. The van der Waals surface area contributed by atoms with Crippen LogP contribution in [0.5, 0.6) is 11.5 Å². The van der Waals surface area contributed by atoms with Gasteiger partial charge in [0.1, 0.15) is 10.5 Å². The van der Waals surface area contributed by atoms with Crippen molar-refractivity contribution >= 4 is 46.3 Å². The third-order valence-electron chi connectivity index (χ3n) is 5.26. The van der Waals surface area contributed by atoms with E-state index in [1.54, 1.807) is 30.3 Å². The van der Waals surface area contributed by atoms with Crippen LogP contribution in [0.2, 0.25) is 5.02 Å². The fourth-order valence-corrected chi connectivity index (χ4v) is 5.09. The number of thiazole rings is 1. The fourth-order valence-electron chi connectivity index (χ4n) is 3.73. The van der Waals surface area contributed by atoms with Crippen molar-refractivity contribution in [1.82, 2.24) is 4.57 Å². The highest BCUT2D eigenvalue weighted by molar-refractivity contribution is 7.07. The number of phenolic OH excluding ortho intramolecular Hbond substituents is 1. The Morgan fingerprint density at radius 1 is 1.33 bits per heavy atom. The van der Waals surface area contributed by atoms with Crippen molar-refractivity contribution in [1.29, 1.82) is 5.26 Å². The molecular weight excluding hydrogens is 464 g/mol. The number of nitrogens with zero attached hydrogens (tertiary/aromatic N) is 2. The minimum atomic E-state index is -0.951. The lowest BCUT2D eigenvalue weighted by atomic mass is 9.83. The lowest BCUT2D eigenvalue weighted by molar-refractivity contribution is -0.113. The number of hydrogen-bond acceptors (Lipinski definition) is 7. The number of carbonyl (C=O) groups excluding carboxylic acids is 1. The summed E-state index contributed by atoms with van der Waals surface area (Å²) in [6, 6.07) is 13.4. The molecule has 1 atom stereocenters. The van der Waals surface area contributed by atoms with Crippen LogP contribution in [-0.4, -0.2) is 22.7 Å². The van der Waals surface area contributed by atoms with E-state index in [-0.39, 0.29) is 37.7 Å². The fraction of sp³-hybridized carbons (Fsp3) is 0.0870. The van der Waals surface area contributed by atoms with Gasteiger partial charge in [-0.1, -0.05) is 35.9 Å². The van der Waals surface area contributed by atoms with Gasteiger partial charge in [-0.2, -0.15) is 5.26 Å². The molecule has 2 heterocycles. The summed E-state index contributed by atoms with van der Waals surface area (Å²) in [4.78, 5) is 25.8. The van der Waals surface area contributed by atoms with Gasteiger partial charge in [0, 0.05) is 5.02 Å². The smallest absolute Gasteiger partial charge is 0.274 e. The summed E-state index contributed by atoms with van der Waals surface area (Å²) in [6.45, 7) is 0. The van der Waals surface area contributed by atoms with Crippen molar-refractivity contribution in [3.8, 4) is 17.6 Å². The molecule has 4 rings (SSSR count). The average Bonchev–Trinajstić information content (AvgIpc) is 3.11. The van der Waals surface area contributed by atoms with Crippen LogP contribution in [0.15, 0.2) is 52.8 Å². The number of aromatic hydroxyl groups is 1. The Balaban J connectivity index is 2.10. The zero-order chi connectivity index (χ0) is 23.9.